The van der Waals surface area contributed by atoms with Gasteiger partial charge in [-0.15, -0.1) is 0 Å². The zero-order chi connectivity index (χ0) is 17.3. The summed E-state index contributed by atoms with van der Waals surface area (Å²) in [5.74, 6) is 1.24. The van der Waals surface area contributed by atoms with Crippen molar-refractivity contribution in [2.75, 3.05) is 0 Å². The van der Waals surface area contributed by atoms with E-state index in [1.54, 1.807) is 6.20 Å². The molecule has 0 aliphatic heterocycles. The van der Waals surface area contributed by atoms with E-state index in [9.17, 15) is 5.26 Å². The van der Waals surface area contributed by atoms with E-state index in [0.29, 0.717) is 12.1 Å². The van der Waals surface area contributed by atoms with Crippen LogP contribution in [0.3, 0.4) is 0 Å². The molecule has 0 aliphatic rings. The SMILES string of the molecule is CC(C)c1nc(C(C)C)c2c(C#N)cn(Cc3cccnn3)c2n1. The topological polar surface area (TPSA) is 80.3 Å². The van der Waals surface area contributed by atoms with E-state index in [1.807, 2.05) is 22.9 Å². The van der Waals surface area contributed by atoms with Gasteiger partial charge >= 0.3 is 0 Å². The number of fused-ring (bicyclic) bond motifs is 1. The Bertz CT molecular complexity index is 903. The average molecular weight is 320 g/mol. The van der Waals surface area contributed by atoms with Crippen molar-refractivity contribution in [2.45, 2.75) is 46.1 Å². The van der Waals surface area contributed by atoms with E-state index < -0.39 is 0 Å². The lowest BCUT2D eigenvalue weighted by Gasteiger charge is -2.12. The first kappa shape index (κ1) is 16.1. The van der Waals surface area contributed by atoms with Gasteiger partial charge in [-0.3, -0.25) is 0 Å². The molecule has 3 aromatic rings. The number of aromatic nitrogens is 5. The van der Waals surface area contributed by atoms with Crippen molar-refractivity contribution in [1.29, 1.82) is 5.26 Å². The van der Waals surface area contributed by atoms with Gasteiger partial charge in [0.1, 0.15) is 17.5 Å². The third-order valence-electron chi connectivity index (χ3n) is 3.91. The van der Waals surface area contributed by atoms with Crippen molar-refractivity contribution in [3.05, 3.63) is 47.3 Å². The molecule has 0 N–H and O–H groups in total. The maximum absolute atomic E-state index is 9.55. The summed E-state index contributed by atoms with van der Waals surface area (Å²) in [5.41, 5.74) is 3.15. The molecule has 0 spiro atoms. The Kier molecular flexibility index (Phi) is 4.26. The monoisotopic (exact) mass is 320 g/mol. The molecule has 0 fully saturated rings. The first-order valence-electron chi connectivity index (χ1n) is 8.08. The maximum atomic E-state index is 9.55. The summed E-state index contributed by atoms with van der Waals surface area (Å²) in [6.07, 6.45) is 3.48. The molecule has 0 saturated heterocycles. The predicted octanol–water partition coefficient (Wildman–Crippen LogP) is 3.39. The highest BCUT2D eigenvalue weighted by Gasteiger charge is 2.20. The van der Waals surface area contributed by atoms with E-state index in [1.165, 1.54) is 0 Å². The van der Waals surface area contributed by atoms with Crippen LogP contribution < -0.4 is 0 Å². The van der Waals surface area contributed by atoms with Gasteiger partial charge in [-0.1, -0.05) is 27.7 Å². The van der Waals surface area contributed by atoms with Gasteiger partial charge in [-0.25, -0.2) is 9.97 Å². The molecule has 122 valence electrons. The van der Waals surface area contributed by atoms with Crippen molar-refractivity contribution in [3.63, 3.8) is 0 Å². The van der Waals surface area contributed by atoms with Crippen molar-refractivity contribution in [3.8, 4) is 6.07 Å². The molecule has 0 radical (unpaired) electrons. The second-order valence-corrected chi connectivity index (χ2v) is 6.47. The summed E-state index contributed by atoms with van der Waals surface area (Å²) >= 11 is 0. The summed E-state index contributed by atoms with van der Waals surface area (Å²) in [4.78, 5) is 9.46. The Labute approximate surface area is 141 Å². The van der Waals surface area contributed by atoms with Crippen LogP contribution in [0.2, 0.25) is 0 Å². The van der Waals surface area contributed by atoms with Gasteiger partial charge in [0.05, 0.1) is 28.9 Å². The van der Waals surface area contributed by atoms with Gasteiger partial charge in [-0.05, 0) is 18.1 Å². The molecule has 3 rings (SSSR count). The van der Waals surface area contributed by atoms with Crippen LogP contribution in [-0.4, -0.2) is 24.7 Å². The lowest BCUT2D eigenvalue weighted by molar-refractivity contribution is 0.725. The molecule has 0 atom stereocenters. The molecular weight excluding hydrogens is 300 g/mol. The minimum atomic E-state index is 0.215. The van der Waals surface area contributed by atoms with Gasteiger partial charge in [-0.2, -0.15) is 15.5 Å². The fourth-order valence-corrected chi connectivity index (χ4v) is 2.70. The second-order valence-electron chi connectivity index (χ2n) is 6.47. The van der Waals surface area contributed by atoms with Crippen LogP contribution in [0.5, 0.6) is 0 Å². The smallest absolute Gasteiger partial charge is 0.145 e. The van der Waals surface area contributed by atoms with E-state index in [2.05, 4.69) is 44.0 Å². The van der Waals surface area contributed by atoms with E-state index in [-0.39, 0.29) is 11.8 Å². The molecule has 6 heteroatoms. The molecule has 0 bridgehead atoms. The van der Waals surface area contributed by atoms with Crippen LogP contribution in [-0.2, 0) is 6.54 Å². The molecule has 0 amide bonds. The van der Waals surface area contributed by atoms with Gasteiger partial charge in [0, 0.05) is 18.3 Å². The largest absolute Gasteiger partial charge is 0.325 e. The summed E-state index contributed by atoms with van der Waals surface area (Å²) in [5, 5.41) is 18.5. The molecule has 0 unspecified atom stereocenters. The highest BCUT2D eigenvalue weighted by atomic mass is 15.1. The first-order valence-corrected chi connectivity index (χ1v) is 8.08. The van der Waals surface area contributed by atoms with E-state index >= 15 is 0 Å². The number of hydrogen-bond donors (Lipinski definition) is 0. The average Bonchev–Trinajstić information content (AvgIpc) is 2.92. The van der Waals surface area contributed by atoms with Crippen molar-refractivity contribution in [1.82, 2.24) is 24.7 Å². The summed E-state index contributed by atoms with van der Waals surface area (Å²) in [7, 11) is 0. The van der Waals surface area contributed by atoms with Crippen molar-refractivity contribution in [2.24, 2.45) is 0 Å². The number of hydrogen-bond acceptors (Lipinski definition) is 5. The second kappa shape index (κ2) is 6.36. The maximum Gasteiger partial charge on any atom is 0.145 e. The molecule has 3 heterocycles. The number of nitrogens with zero attached hydrogens (tertiary/aromatic N) is 6. The summed E-state index contributed by atoms with van der Waals surface area (Å²) in [6, 6.07) is 6.05. The Morgan fingerprint density at radius 1 is 1.17 bits per heavy atom. The molecule has 0 aromatic carbocycles. The third-order valence-corrected chi connectivity index (χ3v) is 3.91. The molecule has 24 heavy (non-hydrogen) atoms. The molecule has 0 saturated carbocycles. The zero-order valence-electron chi connectivity index (χ0n) is 14.4. The summed E-state index contributed by atoms with van der Waals surface area (Å²) in [6.45, 7) is 8.86. The fourth-order valence-electron chi connectivity index (χ4n) is 2.70. The zero-order valence-corrected chi connectivity index (χ0v) is 14.4. The highest BCUT2D eigenvalue weighted by molar-refractivity contribution is 5.86. The minimum absolute atomic E-state index is 0.215. The third kappa shape index (κ3) is 2.85. The summed E-state index contributed by atoms with van der Waals surface area (Å²) < 4.78 is 1.97. The van der Waals surface area contributed by atoms with Crippen LogP contribution >= 0.6 is 0 Å². The standard InChI is InChI=1S/C18H20N6/c1-11(2)16-15-13(8-19)9-24(10-14-6-5-7-20-23-14)18(15)22-17(21-16)12(3)4/h5-7,9,11-12H,10H2,1-4H3. The predicted molar refractivity (Wildman–Crippen MR) is 91.6 cm³/mol. The minimum Gasteiger partial charge on any atom is -0.325 e. The van der Waals surface area contributed by atoms with Gasteiger partial charge in [0.2, 0.25) is 0 Å². The van der Waals surface area contributed by atoms with Crippen LogP contribution in [0, 0.1) is 11.3 Å². The van der Waals surface area contributed by atoms with Crippen LogP contribution in [0.4, 0.5) is 0 Å². The lowest BCUT2D eigenvalue weighted by Crippen LogP contribution is -2.07. The van der Waals surface area contributed by atoms with E-state index in [4.69, 9.17) is 9.97 Å². The highest BCUT2D eigenvalue weighted by Crippen LogP contribution is 2.29. The Morgan fingerprint density at radius 3 is 2.54 bits per heavy atom. The van der Waals surface area contributed by atoms with Crippen molar-refractivity contribution < 1.29 is 0 Å². The van der Waals surface area contributed by atoms with Crippen LogP contribution in [0.1, 0.15) is 62.3 Å². The molecular formula is C18H20N6. The molecule has 3 aromatic heterocycles. The van der Waals surface area contributed by atoms with Crippen LogP contribution in [0.25, 0.3) is 11.0 Å². The van der Waals surface area contributed by atoms with Gasteiger partial charge in [0.25, 0.3) is 0 Å². The Balaban J connectivity index is 2.25. The normalized spacial score (nSPS) is 11.4. The van der Waals surface area contributed by atoms with Gasteiger partial charge < -0.3 is 4.57 Å². The number of nitriles is 1. The quantitative estimate of drug-likeness (QED) is 0.736. The van der Waals surface area contributed by atoms with Gasteiger partial charge in [0.15, 0.2) is 0 Å². The lowest BCUT2D eigenvalue weighted by atomic mass is 10.0. The molecule has 6 nitrogen and oxygen atoms in total. The fraction of sp³-hybridized carbons (Fsp3) is 0.389. The van der Waals surface area contributed by atoms with E-state index in [0.717, 1.165) is 28.2 Å². The Hall–Kier alpha value is -2.81. The Morgan fingerprint density at radius 2 is 1.96 bits per heavy atom. The first-order chi connectivity index (χ1) is 11.5. The van der Waals surface area contributed by atoms with Crippen LogP contribution in [0.15, 0.2) is 24.5 Å². The number of rotatable bonds is 4. The van der Waals surface area contributed by atoms with Crippen molar-refractivity contribution >= 4 is 11.0 Å². The molecule has 0 aliphatic carbocycles.